The maximum absolute atomic E-state index is 12.6. The number of hydrogen-bond donors (Lipinski definition) is 0. The van der Waals surface area contributed by atoms with Crippen LogP contribution in [0.25, 0.3) is 0 Å². The zero-order chi connectivity index (χ0) is 23.9. The van der Waals surface area contributed by atoms with Crippen LogP contribution in [0.4, 0.5) is 13.2 Å². The van der Waals surface area contributed by atoms with Gasteiger partial charge in [0.1, 0.15) is 0 Å². The van der Waals surface area contributed by atoms with Crippen molar-refractivity contribution in [1.82, 2.24) is 4.90 Å². The Hall–Kier alpha value is -0.785. The normalized spacial score (nSPS) is 23.7. The lowest BCUT2D eigenvalue weighted by molar-refractivity contribution is -0.143. The van der Waals surface area contributed by atoms with Gasteiger partial charge in [-0.15, -0.1) is 0 Å². The van der Waals surface area contributed by atoms with Gasteiger partial charge in [0.05, 0.1) is 17.7 Å². The van der Waals surface area contributed by atoms with E-state index >= 15 is 0 Å². The lowest BCUT2D eigenvalue weighted by Gasteiger charge is -2.35. The second kappa shape index (κ2) is 11.9. The SMILES string of the molecule is CC/C(=C\C=C(/CC)CC(CC)CCN(C)CC(F)(F)F)B1OC(C)(C)C(C)(CC)O1. The van der Waals surface area contributed by atoms with Gasteiger partial charge in [-0.1, -0.05) is 51.8 Å². The van der Waals surface area contributed by atoms with Crippen LogP contribution in [0.15, 0.2) is 23.2 Å². The highest BCUT2D eigenvalue weighted by Gasteiger charge is 2.53. The van der Waals surface area contributed by atoms with Gasteiger partial charge in [0.15, 0.2) is 0 Å². The maximum Gasteiger partial charge on any atom is 0.490 e. The summed E-state index contributed by atoms with van der Waals surface area (Å²) in [6.07, 6.45) is 5.43. The summed E-state index contributed by atoms with van der Waals surface area (Å²) < 4.78 is 50.3. The van der Waals surface area contributed by atoms with Crippen LogP contribution in [-0.4, -0.2) is 49.5 Å². The van der Waals surface area contributed by atoms with Gasteiger partial charge in [0, 0.05) is 0 Å². The van der Waals surface area contributed by atoms with Crippen LogP contribution in [0.5, 0.6) is 0 Å². The molecule has 3 nitrogen and oxygen atoms in total. The van der Waals surface area contributed by atoms with Crippen molar-refractivity contribution in [2.45, 2.75) is 104 Å². The molecular formula is C24H43BF3NO2. The zero-order valence-electron chi connectivity index (χ0n) is 20.9. The summed E-state index contributed by atoms with van der Waals surface area (Å²) in [6, 6.07) is 0. The Bertz CT molecular complexity index is 618. The van der Waals surface area contributed by atoms with Crippen LogP contribution < -0.4 is 0 Å². The van der Waals surface area contributed by atoms with Crippen LogP contribution in [0, 0.1) is 5.92 Å². The minimum Gasteiger partial charge on any atom is -0.400 e. The van der Waals surface area contributed by atoms with Crippen LogP contribution in [0.1, 0.15) is 87.0 Å². The van der Waals surface area contributed by atoms with E-state index in [1.165, 1.54) is 10.5 Å². The van der Waals surface area contributed by atoms with Crippen LogP contribution >= 0.6 is 0 Å². The molecule has 2 atom stereocenters. The van der Waals surface area contributed by atoms with E-state index in [-0.39, 0.29) is 18.3 Å². The largest absolute Gasteiger partial charge is 0.490 e. The number of halogens is 3. The molecule has 1 heterocycles. The Labute approximate surface area is 188 Å². The minimum absolute atomic E-state index is 0.320. The fourth-order valence-electron chi connectivity index (χ4n) is 3.98. The number of rotatable bonds is 12. The molecule has 0 N–H and O–H groups in total. The van der Waals surface area contributed by atoms with Crippen molar-refractivity contribution in [2.75, 3.05) is 20.1 Å². The molecule has 0 radical (unpaired) electrons. The molecule has 0 aromatic heterocycles. The van der Waals surface area contributed by atoms with Crippen molar-refractivity contribution in [3.05, 3.63) is 23.2 Å². The van der Waals surface area contributed by atoms with Gasteiger partial charge < -0.3 is 9.31 Å². The predicted molar refractivity (Wildman–Crippen MR) is 124 cm³/mol. The highest BCUT2D eigenvalue weighted by Crippen LogP contribution is 2.41. The van der Waals surface area contributed by atoms with Crippen molar-refractivity contribution in [3.63, 3.8) is 0 Å². The topological polar surface area (TPSA) is 21.7 Å². The number of hydrogen-bond acceptors (Lipinski definition) is 3. The number of allylic oxidation sites excluding steroid dienone is 4. The van der Waals surface area contributed by atoms with Gasteiger partial charge in [0.25, 0.3) is 0 Å². The van der Waals surface area contributed by atoms with E-state index in [1.807, 2.05) is 0 Å². The highest BCUT2D eigenvalue weighted by molar-refractivity contribution is 6.54. The van der Waals surface area contributed by atoms with Gasteiger partial charge in [-0.3, -0.25) is 4.90 Å². The van der Waals surface area contributed by atoms with Gasteiger partial charge in [-0.2, -0.15) is 13.2 Å². The Morgan fingerprint density at radius 1 is 1.03 bits per heavy atom. The highest BCUT2D eigenvalue weighted by atomic mass is 19.4. The monoisotopic (exact) mass is 445 g/mol. The molecule has 1 fully saturated rings. The first kappa shape index (κ1) is 28.2. The van der Waals surface area contributed by atoms with E-state index in [2.05, 4.69) is 60.6 Å². The molecule has 2 unspecified atom stereocenters. The average Bonchev–Trinajstić information content (AvgIpc) is 2.92. The van der Waals surface area contributed by atoms with E-state index in [0.29, 0.717) is 12.5 Å². The van der Waals surface area contributed by atoms with Crippen molar-refractivity contribution in [1.29, 1.82) is 0 Å². The first-order valence-corrected chi connectivity index (χ1v) is 11.8. The molecule has 0 aromatic rings. The molecule has 1 aliphatic heterocycles. The quantitative estimate of drug-likeness (QED) is 0.239. The second-order valence-corrected chi connectivity index (χ2v) is 9.56. The molecule has 31 heavy (non-hydrogen) atoms. The lowest BCUT2D eigenvalue weighted by atomic mass is 9.76. The predicted octanol–water partition coefficient (Wildman–Crippen LogP) is 6.98. The Morgan fingerprint density at radius 2 is 1.68 bits per heavy atom. The number of alkyl halides is 3. The summed E-state index contributed by atoms with van der Waals surface area (Å²) in [5.74, 6) is 0.377. The second-order valence-electron chi connectivity index (χ2n) is 9.56. The van der Waals surface area contributed by atoms with Gasteiger partial charge >= 0.3 is 13.3 Å². The van der Waals surface area contributed by atoms with Crippen molar-refractivity contribution >= 4 is 7.12 Å². The van der Waals surface area contributed by atoms with Crippen LogP contribution in [0.3, 0.4) is 0 Å². The van der Waals surface area contributed by atoms with Crippen molar-refractivity contribution < 1.29 is 22.5 Å². The molecule has 1 saturated heterocycles. The van der Waals surface area contributed by atoms with Crippen molar-refractivity contribution in [3.8, 4) is 0 Å². The molecule has 0 bridgehead atoms. The lowest BCUT2D eigenvalue weighted by Crippen LogP contribution is -2.44. The fraction of sp³-hybridized carbons (Fsp3) is 0.833. The molecule has 0 aromatic carbocycles. The van der Waals surface area contributed by atoms with E-state index in [4.69, 9.17) is 9.31 Å². The zero-order valence-corrected chi connectivity index (χ0v) is 20.9. The Balaban J connectivity index is 2.80. The third-order valence-electron chi connectivity index (χ3n) is 6.91. The molecule has 0 spiro atoms. The summed E-state index contributed by atoms with van der Waals surface area (Å²) >= 11 is 0. The first-order valence-electron chi connectivity index (χ1n) is 11.8. The van der Waals surface area contributed by atoms with E-state index in [9.17, 15) is 13.2 Å². The van der Waals surface area contributed by atoms with Crippen LogP contribution in [-0.2, 0) is 9.31 Å². The summed E-state index contributed by atoms with van der Waals surface area (Å²) in [4.78, 5) is 1.37. The maximum atomic E-state index is 12.6. The van der Waals surface area contributed by atoms with Gasteiger partial charge in [0.2, 0.25) is 0 Å². The standard InChI is InChI=1S/C24H43BF3NO2/c1-9-19(17-20(10-2)15-16-29(8)18-24(26,27)28)13-14-21(11-3)25-30-22(5,6)23(7,12-4)31-25/h13-14,20H,9-12,15-18H2,1-8H3/b19-13+,21-14+. The molecule has 180 valence electrons. The Morgan fingerprint density at radius 3 is 2.13 bits per heavy atom. The van der Waals surface area contributed by atoms with E-state index in [1.54, 1.807) is 7.05 Å². The van der Waals surface area contributed by atoms with Gasteiger partial charge in [-0.05, 0) is 77.9 Å². The Kier molecular flexibility index (Phi) is 10.8. The molecule has 1 rings (SSSR count). The molecule has 1 aliphatic rings. The number of nitrogens with zero attached hydrogens (tertiary/aromatic N) is 1. The van der Waals surface area contributed by atoms with E-state index < -0.39 is 12.7 Å². The van der Waals surface area contributed by atoms with Crippen LogP contribution in [0.2, 0.25) is 0 Å². The molecule has 0 saturated carbocycles. The minimum atomic E-state index is -4.14. The molecular weight excluding hydrogens is 402 g/mol. The molecule has 0 amide bonds. The summed E-state index contributed by atoms with van der Waals surface area (Å²) in [5, 5.41) is 0. The summed E-state index contributed by atoms with van der Waals surface area (Å²) in [6.45, 7) is 14.4. The van der Waals surface area contributed by atoms with Gasteiger partial charge in [-0.25, -0.2) is 0 Å². The van der Waals surface area contributed by atoms with E-state index in [0.717, 1.165) is 44.0 Å². The average molecular weight is 445 g/mol. The molecule has 7 heteroatoms. The van der Waals surface area contributed by atoms with Crippen molar-refractivity contribution in [2.24, 2.45) is 5.92 Å². The third kappa shape index (κ3) is 8.58. The molecule has 0 aliphatic carbocycles. The summed E-state index contributed by atoms with van der Waals surface area (Å²) in [5.41, 5.74) is 1.76. The smallest absolute Gasteiger partial charge is 0.400 e. The summed E-state index contributed by atoms with van der Waals surface area (Å²) in [7, 11) is 1.21. The fourth-order valence-corrected chi connectivity index (χ4v) is 3.98. The first-order chi connectivity index (χ1) is 14.3. The third-order valence-corrected chi connectivity index (χ3v) is 6.91.